The summed E-state index contributed by atoms with van der Waals surface area (Å²) in [5.74, 6) is -2.11. The molecule has 1 aromatic carbocycles. The molecule has 100 valence electrons. The number of nitrogens with zero attached hydrogens (tertiary/aromatic N) is 1. The van der Waals surface area contributed by atoms with E-state index < -0.39 is 29.2 Å². The Morgan fingerprint density at radius 3 is 2.47 bits per heavy atom. The molecular formula is C11H6F3NO4. The van der Waals surface area contributed by atoms with Gasteiger partial charge in [-0.05, 0) is 12.1 Å². The van der Waals surface area contributed by atoms with Gasteiger partial charge in [-0.2, -0.15) is 5.26 Å². The summed E-state index contributed by atoms with van der Waals surface area (Å²) in [6.07, 6.45) is -4.95. The number of ether oxygens (including phenoxy) is 2. The van der Waals surface area contributed by atoms with E-state index in [2.05, 4.69) is 9.47 Å². The molecule has 0 saturated carbocycles. The highest BCUT2D eigenvalue weighted by atomic mass is 19.4. The minimum absolute atomic E-state index is 0.0913. The zero-order valence-corrected chi connectivity index (χ0v) is 9.45. The summed E-state index contributed by atoms with van der Waals surface area (Å²) in [5.41, 5.74) is -1.52. The molecule has 1 rings (SSSR count). The Hall–Kier alpha value is -2.56. The number of hydrogen-bond donors (Lipinski definition) is 0. The van der Waals surface area contributed by atoms with Gasteiger partial charge in [-0.1, -0.05) is 0 Å². The summed E-state index contributed by atoms with van der Waals surface area (Å²) >= 11 is 0. The predicted molar refractivity (Wildman–Crippen MR) is 54.6 cm³/mol. The number of nitriles is 1. The highest BCUT2D eigenvalue weighted by Crippen LogP contribution is 2.30. The maximum absolute atomic E-state index is 12.2. The second-order valence-electron chi connectivity index (χ2n) is 3.17. The lowest BCUT2D eigenvalue weighted by Gasteiger charge is -2.14. The fourth-order valence-corrected chi connectivity index (χ4v) is 1.34. The van der Waals surface area contributed by atoms with Crippen molar-refractivity contribution < 1.29 is 32.2 Å². The number of aldehydes is 1. The average Bonchev–Trinajstić information content (AvgIpc) is 2.35. The van der Waals surface area contributed by atoms with Gasteiger partial charge in [0.1, 0.15) is 11.3 Å². The third kappa shape index (κ3) is 3.22. The number of carbonyl (C=O) groups is 2. The van der Waals surface area contributed by atoms with Crippen molar-refractivity contribution >= 4 is 12.3 Å². The Morgan fingerprint density at radius 2 is 2.05 bits per heavy atom. The van der Waals surface area contributed by atoms with E-state index in [-0.39, 0.29) is 11.8 Å². The molecule has 0 aliphatic carbocycles. The van der Waals surface area contributed by atoms with Gasteiger partial charge in [0.15, 0.2) is 6.29 Å². The minimum atomic E-state index is -5.04. The van der Waals surface area contributed by atoms with E-state index in [4.69, 9.17) is 5.26 Å². The molecule has 0 aromatic heterocycles. The third-order valence-corrected chi connectivity index (χ3v) is 2.06. The van der Waals surface area contributed by atoms with Crippen LogP contribution >= 0.6 is 0 Å². The van der Waals surface area contributed by atoms with Crippen molar-refractivity contribution in [3.8, 4) is 11.8 Å². The van der Waals surface area contributed by atoms with Crippen LogP contribution in [0, 0.1) is 11.3 Å². The van der Waals surface area contributed by atoms with Gasteiger partial charge in [-0.25, -0.2) is 4.79 Å². The first kappa shape index (κ1) is 14.5. The monoisotopic (exact) mass is 273 g/mol. The fourth-order valence-electron chi connectivity index (χ4n) is 1.34. The zero-order valence-electron chi connectivity index (χ0n) is 9.45. The molecule has 0 aliphatic heterocycles. The van der Waals surface area contributed by atoms with Crippen molar-refractivity contribution in [1.29, 1.82) is 5.26 Å². The van der Waals surface area contributed by atoms with Crippen LogP contribution in [0.1, 0.15) is 26.3 Å². The molecule has 1 aromatic rings. The summed E-state index contributed by atoms with van der Waals surface area (Å²) in [6.45, 7) is 0. The second kappa shape index (κ2) is 5.39. The van der Waals surface area contributed by atoms with Crippen LogP contribution in [-0.4, -0.2) is 25.7 Å². The van der Waals surface area contributed by atoms with Crippen molar-refractivity contribution in [3.05, 3.63) is 28.8 Å². The number of hydrogen-bond acceptors (Lipinski definition) is 5. The molecule has 0 atom stereocenters. The van der Waals surface area contributed by atoms with Crippen molar-refractivity contribution in [3.63, 3.8) is 0 Å². The predicted octanol–water partition coefficient (Wildman–Crippen LogP) is 2.06. The number of carbonyl (C=O) groups excluding carboxylic acids is 2. The van der Waals surface area contributed by atoms with Gasteiger partial charge in [-0.15, -0.1) is 13.2 Å². The Bertz CT molecular complexity index is 560. The van der Waals surface area contributed by atoms with E-state index in [1.54, 1.807) is 6.07 Å². The summed E-state index contributed by atoms with van der Waals surface area (Å²) in [6, 6.07) is 3.29. The first-order valence-corrected chi connectivity index (χ1v) is 4.70. The normalized spacial score (nSPS) is 10.5. The summed E-state index contributed by atoms with van der Waals surface area (Å²) < 4.78 is 44.4. The summed E-state index contributed by atoms with van der Waals surface area (Å²) in [4.78, 5) is 22.3. The Balaban J connectivity index is 3.52. The number of alkyl halides is 3. The van der Waals surface area contributed by atoms with Crippen LogP contribution in [0.25, 0.3) is 0 Å². The van der Waals surface area contributed by atoms with Crippen molar-refractivity contribution in [2.45, 2.75) is 6.36 Å². The smallest absolute Gasteiger partial charge is 0.465 e. The first-order chi connectivity index (χ1) is 8.84. The molecule has 0 bridgehead atoms. The fraction of sp³-hybridized carbons (Fsp3) is 0.182. The van der Waals surface area contributed by atoms with Gasteiger partial charge < -0.3 is 9.47 Å². The Morgan fingerprint density at radius 1 is 1.42 bits per heavy atom. The first-order valence-electron chi connectivity index (χ1n) is 4.70. The van der Waals surface area contributed by atoms with E-state index in [0.717, 1.165) is 19.2 Å². The maximum Gasteiger partial charge on any atom is 0.573 e. The molecule has 0 unspecified atom stereocenters. The van der Waals surface area contributed by atoms with Crippen LogP contribution in [-0.2, 0) is 4.74 Å². The lowest BCUT2D eigenvalue weighted by Crippen LogP contribution is -2.20. The molecule has 0 fully saturated rings. The number of methoxy groups -OCH3 is 1. The molecule has 8 heteroatoms. The van der Waals surface area contributed by atoms with Crippen LogP contribution in [0.3, 0.4) is 0 Å². The van der Waals surface area contributed by atoms with E-state index in [1.807, 2.05) is 0 Å². The van der Waals surface area contributed by atoms with Crippen molar-refractivity contribution in [2.75, 3.05) is 7.11 Å². The molecule has 5 nitrogen and oxygen atoms in total. The summed E-state index contributed by atoms with van der Waals surface area (Å²) in [5, 5.41) is 8.73. The van der Waals surface area contributed by atoms with Gasteiger partial charge in [0.25, 0.3) is 0 Å². The van der Waals surface area contributed by atoms with E-state index in [1.165, 1.54) is 0 Å². The number of benzene rings is 1. The second-order valence-corrected chi connectivity index (χ2v) is 3.17. The van der Waals surface area contributed by atoms with Gasteiger partial charge in [0.05, 0.1) is 24.3 Å². The van der Waals surface area contributed by atoms with E-state index in [9.17, 15) is 22.8 Å². The number of esters is 1. The van der Waals surface area contributed by atoms with Crippen molar-refractivity contribution in [1.82, 2.24) is 0 Å². The standard InChI is InChI=1S/C11H6F3NO4/c1-18-10(17)9-7(5-16)6(4-15)2-3-8(9)19-11(12,13)14/h2-3,5H,1H3. The molecule has 0 spiro atoms. The SMILES string of the molecule is COC(=O)c1c(OC(F)(F)F)ccc(C#N)c1C=O. The van der Waals surface area contributed by atoms with Gasteiger partial charge >= 0.3 is 12.3 Å². The molecule has 0 heterocycles. The van der Waals surface area contributed by atoms with Gasteiger partial charge in [-0.3, -0.25) is 4.79 Å². The van der Waals surface area contributed by atoms with E-state index >= 15 is 0 Å². The van der Waals surface area contributed by atoms with Crippen LogP contribution in [0.15, 0.2) is 12.1 Å². The molecular weight excluding hydrogens is 267 g/mol. The Labute approximate surface area is 105 Å². The highest BCUT2D eigenvalue weighted by molar-refractivity contribution is 6.02. The van der Waals surface area contributed by atoms with Crippen LogP contribution in [0.4, 0.5) is 13.2 Å². The third-order valence-electron chi connectivity index (χ3n) is 2.06. The quantitative estimate of drug-likeness (QED) is 0.622. The molecule has 0 saturated heterocycles. The number of halogens is 3. The molecule has 0 aliphatic rings. The van der Waals surface area contributed by atoms with Crippen LogP contribution in [0.2, 0.25) is 0 Å². The Kier molecular flexibility index (Phi) is 4.11. The molecule has 0 N–H and O–H groups in total. The average molecular weight is 273 g/mol. The van der Waals surface area contributed by atoms with Gasteiger partial charge in [0, 0.05) is 0 Å². The van der Waals surface area contributed by atoms with Crippen LogP contribution < -0.4 is 4.74 Å². The zero-order chi connectivity index (χ0) is 14.6. The summed E-state index contributed by atoms with van der Waals surface area (Å²) in [7, 11) is 0.924. The van der Waals surface area contributed by atoms with Crippen LogP contribution in [0.5, 0.6) is 5.75 Å². The maximum atomic E-state index is 12.2. The highest BCUT2D eigenvalue weighted by Gasteiger charge is 2.34. The largest absolute Gasteiger partial charge is 0.573 e. The minimum Gasteiger partial charge on any atom is -0.465 e. The number of rotatable bonds is 3. The topological polar surface area (TPSA) is 76.4 Å². The van der Waals surface area contributed by atoms with Gasteiger partial charge in [0.2, 0.25) is 0 Å². The molecule has 0 radical (unpaired) electrons. The lowest BCUT2D eigenvalue weighted by atomic mass is 10.0. The van der Waals surface area contributed by atoms with Crippen molar-refractivity contribution in [2.24, 2.45) is 0 Å². The molecule has 19 heavy (non-hydrogen) atoms. The van der Waals surface area contributed by atoms with E-state index in [0.29, 0.717) is 0 Å². The molecule has 0 amide bonds. The lowest BCUT2D eigenvalue weighted by molar-refractivity contribution is -0.274.